The van der Waals surface area contributed by atoms with Crippen molar-refractivity contribution in [2.45, 2.75) is 19.8 Å². The van der Waals surface area contributed by atoms with Gasteiger partial charge in [0.15, 0.2) is 11.4 Å². The van der Waals surface area contributed by atoms with E-state index in [4.69, 9.17) is 10.8 Å². The molecule has 0 atom stereocenters. The van der Waals surface area contributed by atoms with Crippen LogP contribution in [0.25, 0.3) is 0 Å². The van der Waals surface area contributed by atoms with Crippen molar-refractivity contribution in [3.05, 3.63) is 23.0 Å². The normalized spacial score (nSPS) is 11.4. The second-order valence-corrected chi connectivity index (χ2v) is 3.13. The Morgan fingerprint density at radius 3 is 2.59 bits per heavy atom. The number of ether oxygens (including phenoxy) is 1. The summed E-state index contributed by atoms with van der Waals surface area (Å²) >= 11 is 0. The van der Waals surface area contributed by atoms with Crippen molar-refractivity contribution < 1.29 is 27.8 Å². The number of pyridine rings is 1. The second kappa shape index (κ2) is 4.58. The largest absolute Gasteiger partial charge is 0.573 e. The van der Waals surface area contributed by atoms with Crippen LogP contribution in [0.15, 0.2) is 6.20 Å². The van der Waals surface area contributed by atoms with E-state index >= 15 is 0 Å². The molecular weight excluding hydrogens is 241 g/mol. The van der Waals surface area contributed by atoms with Gasteiger partial charge in [-0.25, -0.2) is 9.78 Å². The molecule has 8 heteroatoms. The van der Waals surface area contributed by atoms with Crippen LogP contribution in [-0.2, 0) is 6.54 Å². The van der Waals surface area contributed by atoms with Gasteiger partial charge in [0.1, 0.15) is 0 Å². The Hall–Kier alpha value is -1.83. The summed E-state index contributed by atoms with van der Waals surface area (Å²) in [5, 5.41) is 8.76. The van der Waals surface area contributed by atoms with Gasteiger partial charge in [-0.15, -0.1) is 13.2 Å². The summed E-state index contributed by atoms with van der Waals surface area (Å²) in [6.07, 6.45) is -4.14. The van der Waals surface area contributed by atoms with Gasteiger partial charge in [-0.2, -0.15) is 0 Å². The summed E-state index contributed by atoms with van der Waals surface area (Å²) in [4.78, 5) is 14.1. The van der Waals surface area contributed by atoms with E-state index in [0.717, 1.165) is 0 Å². The Labute approximate surface area is 94.0 Å². The van der Waals surface area contributed by atoms with Crippen LogP contribution in [0.2, 0.25) is 0 Å². The zero-order chi connectivity index (χ0) is 13.2. The highest BCUT2D eigenvalue weighted by atomic mass is 19.4. The molecular formula is C9H9F3N2O3. The van der Waals surface area contributed by atoms with Gasteiger partial charge in [-0.1, -0.05) is 0 Å². The van der Waals surface area contributed by atoms with Gasteiger partial charge in [-0.3, -0.25) is 0 Å². The number of carboxylic acids is 1. The van der Waals surface area contributed by atoms with E-state index in [0.29, 0.717) is 6.20 Å². The van der Waals surface area contributed by atoms with E-state index in [1.165, 1.54) is 6.92 Å². The lowest BCUT2D eigenvalue weighted by molar-refractivity contribution is -0.275. The molecule has 0 aliphatic rings. The first kappa shape index (κ1) is 13.2. The molecule has 1 heterocycles. The molecule has 1 rings (SSSR count). The van der Waals surface area contributed by atoms with Crippen LogP contribution >= 0.6 is 0 Å². The van der Waals surface area contributed by atoms with Crippen LogP contribution < -0.4 is 10.5 Å². The minimum absolute atomic E-state index is 0.0113. The van der Waals surface area contributed by atoms with Gasteiger partial charge in [0.2, 0.25) is 0 Å². The number of aromatic carboxylic acids is 1. The van der Waals surface area contributed by atoms with Crippen molar-refractivity contribution in [1.82, 2.24) is 4.98 Å². The van der Waals surface area contributed by atoms with Crippen molar-refractivity contribution in [1.29, 1.82) is 0 Å². The topological polar surface area (TPSA) is 85.4 Å². The second-order valence-electron chi connectivity index (χ2n) is 3.13. The Morgan fingerprint density at radius 2 is 2.18 bits per heavy atom. The predicted molar refractivity (Wildman–Crippen MR) is 50.5 cm³/mol. The SMILES string of the molecule is Cc1c(OC(F)(F)F)cnc(C(=O)O)c1CN. The Balaban J connectivity index is 3.25. The third kappa shape index (κ3) is 3.06. The van der Waals surface area contributed by atoms with Crippen molar-refractivity contribution in [3.63, 3.8) is 0 Å². The summed E-state index contributed by atoms with van der Waals surface area (Å²) in [7, 11) is 0. The average Bonchev–Trinajstić information content (AvgIpc) is 2.18. The molecule has 5 nitrogen and oxygen atoms in total. The molecule has 0 aliphatic heterocycles. The molecule has 0 fully saturated rings. The van der Waals surface area contributed by atoms with Crippen molar-refractivity contribution in [2.75, 3.05) is 0 Å². The lowest BCUT2D eigenvalue weighted by Crippen LogP contribution is -2.20. The van der Waals surface area contributed by atoms with Gasteiger partial charge in [0, 0.05) is 12.1 Å². The highest BCUT2D eigenvalue weighted by molar-refractivity contribution is 5.87. The standard InChI is InChI=1S/C9H9F3N2O3/c1-4-5(2-13)7(8(15)16)14-3-6(4)17-9(10,11)12/h3H,2,13H2,1H3,(H,15,16). The van der Waals surface area contributed by atoms with Crippen LogP contribution in [0.4, 0.5) is 13.2 Å². The molecule has 0 bridgehead atoms. The molecule has 0 saturated carbocycles. The lowest BCUT2D eigenvalue weighted by Gasteiger charge is -2.14. The zero-order valence-electron chi connectivity index (χ0n) is 8.71. The smallest absolute Gasteiger partial charge is 0.477 e. The fourth-order valence-corrected chi connectivity index (χ4v) is 1.29. The highest BCUT2D eigenvalue weighted by Gasteiger charge is 2.32. The number of carboxylic acid groups (broad SMARTS) is 1. The lowest BCUT2D eigenvalue weighted by atomic mass is 10.1. The third-order valence-corrected chi connectivity index (χ3v) is 2.05. The molecule has 1 aromatic rings. The van der Waals surface area contributed by atoms with Crippen LogP contribution in [0.3, 0.4) is 0 Å². The summed E-state index contributed by atoms with van der Waals surface area (Å²) in [6, 6.07) is 0. The van der Waals surface area contributed by atoms with Crippen LogP contribution in [0.1, 0.15) is 21.6 Å². The quantitative estimate of drug-likeness (QED) is 0.847. The van der Waals surface area contributed by atoms with E-state index in [1.54, 1.807) is 0 Å². The van der Waals surface area contributed by atoms with Crippen LogP contribution in [0, 0.1) is 6.92 Å². The molecule has 0 amide bonds. The number of alkyl halides is 3. The van der Waals surface area contributed by atoms with Crippen LogP contribution in [-0.4, -0.2) is 22.4 Å². The number of rotatable bonds is 3. The molecule has 94 valence electrons. The van der Waals surface area contributed by atoms with E-state index in [9.17, 15) is 18.0 Å². The minimum Gasteiger partial charge on any atom is -0.477 e. The maximum absolute atomic E-state index is 12.0. The summed E-state index contributed by atoms with van der Waals surface area (Å²) in [6.45, 7) is 1.05. The monoisotopic (exact) mass is 250 g/mol. The van der Waals surface area contributed by atoms with Gasteiger partial charge < -0.3 is 15.6 Å². The first-order valence-electron chi connectivity index (χ1n) is 4.44. The van der Waals surface area contributed by atoms with Gasteiger partial charge >= 0.3 is 12.3 Å². The maximum atomic E-state index is 12.0. The third-order valence-electron chi connectivity index (χ3n) is 2.05. The average molecular weight is 250 g/mol. The highest BCUT2D eigenvalue weighted by Crippen LogP contribution is 2.28. The number of nitrogens with two attached hydrogens (primary N) is 1. The van der Waals surface area contributed by atoms with Crippen LogP contribution in [0.5, 0.6) is 5.75 Å². The molecule has 0 unspecified atom stereocenters. The maximum Gasteiger partial charge on any atom is 0.573 e. The number of hydrogen-bond donors (Lipinski definition) is 2. The fraction of sp³-hybridized carbons (Fsp3) is 0.333. The first-order chi connectivity index (χ1) is 7.76. The van der Waals surface area contributed by atoms with Crippen molar-refractivity contribution in [3.8, 4) is 5.75 Å². The van der Waals surface area contributed by atoms with E-state index in [2.05, 4.69) is 9.72 Å². The molecule has 1 aromatic heterocycles. The van der Waals surface area contributed by atoms with Gasteiger partial charge in [0.05, 0.1) is 6.20 Å². The zero-order valence-corrected chi connectivity index (χ0v) is 8.71. The Bertz CT molecular complexity index is 446. The number of aromatic nitrogens is 1. The van der Waals surface area contributed by atoms with E-state index in [-0.39, 0.29) is 23.4 Å². The van der Waals surface area contributed by atoms with E-state index < -0.39 is 18.1 Å². The van der Waals surface area contributed by atoms with Gasteiger partial charge in [-0.05, 0) is 12.5 Å². The van der Waals surface area contributed by atoms with Gasteiger partial charge in [0.25, 0.3) is 0 Å². The summed E-state index contributed by atoms with van der Waals surface area (Å²) in [5.41, 5.74) is 4.93. The van der Waals surface area contributed by atoms with Crippen molar-refractivity contribution in [2.24, 2.45) is 5.73 Å². The first-order valence-corrected chi connectivity index (χ1v) is 4.44. The molecule has 0 aliphatic carbocycles. The predicted octanol–water partition coefficient (Wildman–Crippen LogP) is 1.45. The summed E-state index contributed by atoms with van der Waals surface area (Å²) in [5.74, 6) is -1.91. The number of nitrogens with zero attached hydrogens (tertiary/aromatic N) is 1. The molecule has 17 heavy (non-hydrogen) atoms. The minimum atomic E-state index is -4.86. The molecule has 0 saturated heterocycles. The van der Waals surface area contributed by atoms with Crippen molar-refractivity contribution >= 4 is 5.97 Å². The molecule has 0 spiro atoms. The number of hydrogen-bond acceptors (Lipinski definition) is 4. The molecule has 0 aromatic carbocycles. The Morgan fingerprint density at radius 1 is 1.59 bits per heavy atom. The fourth-order valence-electron chi connectivity index (χ4n) is 1.29. The molecule has 0 radical (unpaired) electrons. The van der Waals surface area contributed by atoms with E-state index in [1.807, 2.05) is 0 Å². The Kier molecular flexibility index (Phi) is 3.56. The number of carbonyl (C=O) groups is 1. The molecule has 3 N–H and O–H groups in total. The number of halogens is 3. The summed E-state index contributed by atoms with van der Waals surface area (Å²) < 4.78 is 39.8.